The van der Waals surface area contributed by atoms with Crippen LogP contribution < -0.4 is 5.32 Å². The molecule has 0 bridgehead atoms. The summed E-state index contributed by atoms with van der Waals surface area (Å²) in [6.07, 6.45) is 8.48. The van der Waals surface area contributed by atoms with E-state index < -0.39 is 0 Å². The van der Waals surface area contributed by atoms with Gasteiger partial charge in [-0.05, 0) is 30.7 Å². The predicted octanol–water partition coefficient (Wildman–Crippen LogP) is 5.05. The van der Waals surface area contributed by atoms with Crippen LogP contribution in [0.5, 0.6) is 0 Å². The molecule has 0 aliphatic heterocycles. The summed E-state index contributed by atoms with van der Waals surface area (Å²) in [6, 6.07) is 7.82. The fraction of sp³-hybridized carbons (Fsp3) is 0.588. The average Bonchev–Trinajstić information content (AvgIpc) is 2.46. The zero-order chi connectivity index (χ0) is 13.9. The van der Waals surface area contributed by atoms with Crippen LogP contribution in [0, 0.1) is 0 Å². The van der Waals surface area contributed by atoms with E-state index in [0.29, 0.717) is 6.42 Å². The minimum absolute atomic E-state index is 0.211. The number of unbranched alkanes of at least 4 members (excludes halogenated alkanes) is 5. The van der Waals surface area contributed by atoms with Crippen molar-refractivity contribution in [2.24, 2.45) is 0 Å². The second-order valence-corrected chi connectivity index (χ2v) is 5.05. The van der Waals surface area contributed by atoms with Crippen LogP contribution in [0.2, 0.25) is 0 Å². The highest BCUT2D eigenvalue weighted by atomic mass is 16.1. The molecule has 106 valence electrons. The van der Waals surface area contributed by atoms with Crippen molar-refractivity contribution in [2.45, 2.75) is 58.8 Å². The Hall–Kier alpha value is -1.31. The largest absolute Gasteiger partial charge is 0.385 e. The first-order valence-electron chi connectivity index (χ1n) is 7.65. The predicted molar refractivity (Wildman–Crippen MR) is 82.9 cm³/mol. The lowest BCUT2D eigenvalue weighted by atomic mass is 10.1. The van der Waals surface area contributed by atoms with Crippen molar-refractivity contribution in [1.29, 1.82) is 0 Å². The number of rotatable bonds is 10. The molecule has 0 unspecified atom stereocenters. The summed E-state index contributed by atoms with van der Waals surface area (Å²) in [7, 11) is 0. The van der Waals surface area contributed by atoms with E-state index in [1.54, 1.807) is 0 Å². The first-order chi connectivity index (χ1) is 9.27. The molecule has 1 N–H and O–H groups in total. The van der Waals surface area contributed by atoms with Gasteiger partial charge in [-0.1, -0.05) is 46.0 Å². The van der Waals surface area contributed by atoms with E-state index >= 15 is 0 Å². The number of hydrogen-bond donors (Lipinski definition) is 1. The van der Waals surface area contributed by atoms with Crippen LogP contribution in [0.15, 0.2) is 24.3 Å². The standard InChI is InChI=1S/C17H27NO/c1-3-5-6-7-8-9-14-18-16-12-10-15(11-13-16)17(19)4-2/h10-13,18H,3-9,14H2,1-2H3. The summed E-state index contributed by atoms with van der Waals surface area (Å²) in [5.41, 5.74) is 1.92. The molecule has 2 heteroatoms. The Morgan fingerprint density at radius 3 is 2.21 bits per heavy atom. The normalized spacial score (nSPS) is 10.4. The highest BCUT2D eigenvalue weighted by Gasteiger charge is 2.01. The quantitative estimate of drug-likeness (QED) is 0.471. The smallest absolute Gasteiger partial charge is 0.162 e. The number of nitrogens with one attached hydrogen (secondary N) is 1. The van der Waals surface area contributed by atoms with Crippen molar-refractivity contribution in [2.75, 3.05) is 11.9 Å². The van der Waals surface area contributed by atoms with Crippen molar-refractivity contribution in [3.05, 3.63) is 29.8 Å². The SMILES string of the molecule is CCCCCCCCNc1ccc(C(=O)CC)cc1. The van der Waals surface area contributed by atoms with Crippen LogP contribution in [0.25, 0.3) is 0 Å². The van der Waals surface area contributed by atoms with Gasteiger partial charge in [-0.2, -0.15) is 0 Å². The lowest BCUT2D eigenvalue weighted by Gasteiger charge is -2.07. The minimum Gasteiger partial charge on any atom is -0.385 e. The lowest BCUT2D eigenvalue weighted by Crippen LogP contribution is -2.02. The maximum atomic E-state index is 11.5. The Morgan fingerprint density at radius 1 is 0.947 bits per heavy atom. The van der Waals surface area contributed by atoms with Gasteiger partial charge in [0, 0.05) is 24.2 Å². The third kappa shape index (κ3) is 6.42. The van der Waals surface area contributed by atoms with Crippen molar-refractivity contribution in [3.8, 4) is 0 Å². The molecular formula is C17H27NO. The van der Waals surface area contributed by atoms with Crippen LogP contribution in [-0.2, 0) is 0 Å². The Balaban J connectivity index is 2.18. The first-order valence-corrected chi connectivity index (χ1v) is 7.65. The Kier molecular flexibility index (Phi) is 7.95. The van der Waals surface area contributed by atoms with E-state index in [0.717, 1.165) is 17.8 Å². The maximum Gasteiger partial charge on any atom is 0.162 e. The molecule has 2 nitrogen and oxygen atoms in total. The highest BCUT2D eigenvalue weighted by molar-refractivity contribution is 5.96. The fourth-order valence-corrected chi connectivity index (χ4v) is 2.12. The van der Waals surface area contributed by atoms with Gasteiger partial charge in [-0.25, -0.2) is 0 Å². The second kappa shape index (κ2) is 9.60. The van der Waals surface area contributed by atoms with Crippen LogP contribution in [-0.4, -0.2) is 12.3 Å². The summed E-state index contributed by atoms with van der Waals surface area (Å²) >= 11 is 0. The number of benzene rings is 1. The summed E-state index contributed by atoms with van der Waals surface area (Å²) in [5, 5.41) is 3.41. The highest BCUT2D eigenvalue weighted by Crippen LogP contribution is 2.12. The van der Waals surface area contributed by atoms with Crippen molar-refractivity contribution < 1.29 is 4.79 Å². The number of hydrogen-bond acceptors (Lipinski definition) is 2. The van der Waals surface area contributed by atoms with Crippen LogP contribution in [0.1, 0.15) is 69.2 Å². The number of carbonyl (C=O) groups is 1. The molecule has 0 amide bonds. The van der Waals surface area contributed by atoms with Gasteiger partial charge in [0.05, 0.1) is 0 Å². The number of Topliss-reactive ketones (excluding diaryl/α,β-unsaturated/α-hetero) is 1. The summed E-state index contributed by atoms with van der Waals surface area (Å²) in [5.74, 6) is 0.211. The molecule has 19 heavy (non-hydrogen) atoms. The Labute approximate surface area is 117 Å². The topological polar surface area (TPSA) is 29.1 Å². The average molecular weight is 261 g/mol. The van der Waals surface area contributed by atoms with E-state index in [1.165, 1.54) is 38.5 Å². The molecule has 0 aromatic heterocycles. The molecule has 0 fully saturated rings. The van der Waals surface area contributed by atoms with Crippen LogP contribution in [0.3, 0.4) is 0 Å². The summed E-state index contributed by atoms with van der Waals surface area (Å²) in [4.78, 5) is 11.5. The van der Waals surface area contributed by atoms with E-state index in [9.17, 15) is 4.79 Å². The molecule has 0 radical (unpaired) electrons. The van der Waals surface area contributed by atoms with Gasteiger partial charge in [0.15, 0.2) is 5.78 Å². The van der Waals surface area contributed by atoms with Crippen LogP contribution in [0.4, 0.5) is 5.69 Å². The van der Waals surface area contributed by atoms with Gasteiger partial charge in [0.25, 0.3) is 0 Å². The summed E-state index contributed by atoms with van der Waals surface area (Å²) < 4.78 is 0. The number of anilines is 1. The third-order valence-corrected chi connectivity index (χ3v) is 3.39. The van der Waals surface area contributed by atoms with Crippen molar-refractivity contribution >= 4 is 11.5 Å². The molecule has 1 aromatic carbocycles. The van der Waals surface area contributed by atoms with E-state index in [4.69, 9.17) is 0 Å². The monoisotopic (exact) mass is 261 g/mol. The zero-order valence-corrected chi connectivity index (χ0v) is 12.4. The molecule has 0 saturated heterocycles. The molecule has 0 atom stereocenters. The number of carbonyl (C=O) groups excluding carboxylic acids is 1. The third-order valence-electron chi connectivity index (χ3n) is 3.39. The van der Waals surface area contributed by atoms with Gasteiger partial charge < -0.3 is 5.32 Å². The van der Waals surface area contributed by atoms with E-state index in [1.807, 2.05) is 31.2 Å². The summed E-state index contributed by atoms with van der Waals surface area (Å²) in [6.45, 7) is 5.16. The Morgan fingerprint density at radius 2 is 1.58 bits per heavy atom. The maximum absolute atomic E-state index is 11.5. The molecule has 1 aromatic rings. The van der Waals surface area contributed by atoms with Gasteiger partial charge in [-0.15, -0.1) is 0 Å². The minimum atomic E-state index is 0.211. The molecule has 0 aliphatic rings. The molecule has 0 heterocycles. The molecule has 0 aliphatic carbocycles. The van der Waals surface area contributed by atoms with Crippen molar-refractivity contribution in [1.82, 2.24) is 0 Å². The van der Waals surface area contributed by atoms with Gasteiger partial charge in [-0.3, -0.25) is 4.79 Å². The molecule has 1 rings (SSSR count). The van der Waals surface area contributed by atoms with Crippen LogP contribution >= 0.6 is 0 Å². The number of ketones is 1. The van der Waals surface area contributed by atoms with Gasteiger partial charge >= 0.3 is 0 Å². The first kappa shape index (κ1) is 15.7. The van der Waals surface area contributed by atoms with E-state index in [-0.39, 0.29) is 5.78 Å². The van der Waals surface area contributed by atoms with Crippen molar-refractivity contribution in [3.63, 3.8) is 0 Å². The zero-order valence-electron chi connectivity index (χ0n) is 12.4. The second-order valence-electron chi connectivity index (χ2n) is 5.05. The van der Waals surface area contributed by atoms with E-state index in [2.05, 4.69) is 12.2 Å². The molecular weight excluding hydrogens is 234 g/mol. The molecule has 0 saturated carbocycles. The lowest BCUT2D eigenvalue weighted by molar-refractivity contribution is 0.0988. The van der Waals surface area contributed by atoms with Gasteiger partial charge in [0.2, 0.25) is 0 Å². The Bertz CT molecular complexity index is 356. The van der Waals surface area contributed by atoms with Gasteiger partial charge in [0.1, 0.15) is 0 Å². The molecule has 0 spiro atoms. The fourth-order valence-electron chi connectivity index (χ4n) is 2.12.